The van der Waals surface area contributed by atoms with Gasteiger partial charge in [0.05, 0.1) is 0 Å². The van der Waals surface area contributed by atoms with Gasteiger partial charge in [-0.1, -0.05) is 0 Å². The summed E-state index contributed by atoms with van der Waals surface area (Å²) in [5.41, 5.74) is 0. The van der Waals surface area contributed by atoms with Crippen molar-refractivity contribution in [3.8, 4) is 0 Å². The van der Waals surface area contributed by atoms with Gasteiger partial charge in [-0.15, -0.1) is 0 Å². The smallest absolute Gasteiger partial charge is 1.00 e. The summed E-state index contributed by atoms with van der Waals surface area (Å²) in [5, 5.41) is 0. The van der Waals surface area contributed by atoms with Gasteiger partial charge in [-0.2, -0.15) is 0 Å². The van der Waals surface area contributed by atoms with Gasteiger partial charge in [-0.25, -0.2) is 0 Å². The van der Waals surface area contributed by atoms with Crippen molar-refractivity contribution in [2.75, 3.05) is 0 Å². The summed E-state index contributed by atoms with van der Waals surface area (Å²) in [6.07, 6.45) is 0. The molecule has 0 rings (SSSR count). The van der Waals surface area contributed by atoms with E-state index < -0.39 is 9.17 Å². The van der Waals surface area contributed by atoms with Crippen molar-refractivity contribution in [2.24, 2.45) is 0 Å². The molecule has 0 saturated heterocycles. The van der Waals surface area contributed by atoms with E-state index in [0.29, 0.717) is 0 Å². The van der Waals surface area contributed by atoms with E-state index >= 15 is 0 Å². The number of halogens is 1. The second kappa shape index (κ2) is 22.5. The van der Waals surface area contributed by atoms with Crippen LogP contribution in [-0.4, -0.2) is 9.17 Å². The minimum Gasteiger partial charge on any atom is -1.00 e. The van der Waals surface area contributed by atoms with Crippen LogP contribution in [0.5, 0.6) is 0 Å². The zero-order valence-corrected chi connectivity index (χ0v) is 15.5. The van der Waals surface area contributed by atoms with Gasteiger partial charge in [-0.05, 0) is 0 Å². The Morgan fingerprint density at radius 3 is 1.00 bits per heavy atom. The van der Waals surface area contributed by atoms with Gasteiger partial charge < -0.3 is 18.8 Å². The maximum atomic E-state index is 8.52. The van der Waals surface area contributed by atoms with Crippen molar-refractivity contribution in [1.82, 2.24) is 0 Å². The van der Waals surface area contributed by atoms with Crippen LogP contribution < -0.4 is 168 Å². The van der Waals surface area contributed by atoms with E-state index in [1.165, 1.54) is 0 Å². The molecule has 0 amide bonds. The van der Waals surface area contributed by atoms with Crippen LogP contribution in [0.3, 0.4) is 0 Å². The van der Waals surface area contributed by atoms with Crippen LogP contribution in [0.2, 0.25) is 0 Å². The molecule has 0 aliphatic rings. The molecule has 3 nitrogen and oxygen atoms in total. The standard InChI is InChI=1S/FH.3K.O3Si/c;;;;1-4(2)3/h1H;;;;/q;3*+1;-2/p-1. The molecule has 0 aliphatic heterocycles. The van der Waals surface area contributed by atoms with E-state index in [4.69, 9.17) is 14.1 Å². The normalized spacial score (nSPS) is 3.00. The average molecular weight is 212 g/mol. The predicted molar refractivity (Wildman–Crippen MR) is 6.44 cm³/mol. The summed E-state index contributed by atoms with van der Waals surface area (Å²) in [6, 6.07) is 0. The van der Waals surface area contributed by atoms with E-state index in [1.54, 1.807) is 0 Å². The molecule has 0 bridgehead atoms. The molecule has 0 heterocycles. The summed E-state index contributed by atoms with van der Waals surface area (Å²) >= 11 is 0. The second-order valence-corrected chi connectivity index (χ2v) is 0.750. The number of hydrogen-bond acceptors (Lipinski definition) is 3. The summed E-state index contributed by atoms with van der Waals surface area (Å²) in [6.45, 7) is 0. The van der Waals surface area contributed by atoms with Crippen LogP contribution in [0.4, 0.5) is 0 Å². The molecule has 0 fully saturated rings. The first-order valence-corrected chi connectivity index (χ1v) is 1.84. The fourth-order valence-electron chi connectivity index (χ4n) is 0. The first-order valence-electron chi connectivity index (χ1n) is 0.612. The molecule has 0 unspecified atom stereocenters. The maximum absolute atomic E-state index is 8.52. The largest absolute Gasteiger partial charge is 1.00 e. The summed E-state index contributed by atoms with van der Waals surface area (Å²) in [7, 11) is -3.63. The van der Waals surface area contributed by atoms with Crippen LogP contribution in [0, 0.1) is 0 Å². The molecule has 8 heavy (non-hydrogen) atoms. The zero-order valence-electron chi connectivity index (χ0n) is 5.10. The minimum absolute atomic E-state index is 0. The fourth-order valence-corrected chi connectivity index (χ4v) is 0. The Bertz CT molecular complexity index is 37.5. The Labute approximate surface area is 176 Å². The van der Waals surface area contributed by atoms with Gasteiger partial charge in [0.2, 0.25) is 0 Å². The van der Waals surface area contributed by atoms with Crippen LogP contribution in [0.1, 0.15) is 0 Å². The molecule has 0 atom stereocenters. The molecule has 0 saturated carbocycles. The molecule has 0 aliphatic carbocycles. The molecule has 0 spiro atoms. The third-order valence-corrected chi connectivity index (χ3v) is 0. The third kappa shape index (κ3) is 47.1. The Hall–Kier alpha value is 4.46. The molecule has 0 aromatic carbocycles. The molecule has 0 N–H and O–H groups in total. The third-order valence-electron chi connectivity index (χ3n) is 0. The van der Waals surface area contributed by atoms with Crippen molar-refractivity contribution in [3.05, 3.63) is 0 Å². The minimum atomic E-state index is -3.63. The van der Waals surface area contributed by atoms with Gasteiger partial charge in [0, 0.05) is 9.17 Å². The van der Waals surface area contributed by atoms with Crippen molar-refractivity contribution in [2.45, 2.75) is 0 Å². The van der Waals surface area contributed by atoms with E-state index in [9.17, 15) is 0 Å². The van der Waals surface area contributed by atoms with Crippen molar-refractivity contribution >= 4 is 9.17 Å². The molecular formula is FK3O3Si. The number of hydrogen-bond donors (Lipinski definition) is 0. The summed E-state index contributed by atoms with van der Waals surface area (Å²) in [5.74, 6) is 0. The average Bonchev–Trinajstić information content (AvgIpc) is 0.811. The van der Waals surface area contributed by atoms with E-state index in [1.807, 2.05) is 0 Å². The molecular weight excluding hydrogens is 212 g/mol. The van der Waals surface area contributed by atoms with E-state index in [-0.39, 0.29) is 159 Å². The van der Waals surface area contributed by atoms with Gasteiger partial charge in [0.1, 0.15) is 0 Å². The van der Waals surface area contributed by atoms with Crippen LogP contribution in [0.25, 0.3) is 0 Å². The monoisotopic (exact) mass is 212 g/mol. The Balaban J connectivity index is -0.00000000750. The first-order chi connectivity index (χ1) is 1.73. The molecule has 0 radical (unpaired) electrons. The van der Waals surface area contributed by atoms with Crippen molar-refractivity contribution in [3.63, 3.8) is 0 Å². The predicted octanol–water partition coefficient (Wildman–Crippen LogP) is -14.9. The first kappa shape index (κ1) is 29.4. The van der Waals surface area contributed by atoms with Crippen LogP contribution >= 0.6 is 0 Å². The van der Waals surface area contributed by atoms with E-state index in [0.717, 1.165) is 0 Å². The van der Waals surface area contributed by atoms with Crippen LogP contribution in [-0.2, 0) is 4.46 Å². The number of rotatable bonds is 0. The van der Waals surface area contributed by atoms with Gasteiger partial charge in [-0.3, -0.25) is 0 Å². The second-order valence-electron chi connectivity index (χ2n) is 0.250. The van der Waals surface area contributed by atoms with E-state index in [2.05, 4.69) is 0 Å². The molecule has 0 aromatic heterocycles. The van der Waals surface area contributed by atoms with Crippen molar-refractivity contribution < 1.29 is 173 Å². The van der Waals surface area contributed by atoms with Crippen LogP contribution in [0.15, 0.2) is 0 Å². The Kier molecular flexibility index (Phi) is 82.8. The van der Waals surface area contributed by atoms with Gasteiger partial charge in [0.15, 0.2) is 0 Å². The molecule has 0 aromatic rings. The Morgan fingerprint density at radius 1 is 1.00 bits per heavy atom. The topological polar surface area (TPSA) is 63.2 Å². The Morgan fingerprint density at radius 2 is 1.00 bits per heavy atom. The fraction of sp³-hybridized carbons (Fsp3) is 0. The SMILES string of the molecule is O=[Si]([O-])[O-].[F-].[K+].[K+].[K+]. The van der Waals surface area contributed by atoms with Gasteiger partial charge >= 0.3 is 154 Å². The quantitative estimate of drug-likeness (QED) is 0.375. The summed E-state index contributed by atoms with van der Waals surface area (Å²) in [4.78, 5) is 17.0. The maximum Gasteiger partial charge on any atom is 1.00 e. The molecule has 32 valence electrons. The molecule has 8 heteroatoms. The summed E-state index contributed by atoms with van der Waals surface area (Å²) < 4.78 is 8.52. The van der Waals surface area contributed by atoms with Gasteiger partial charge in [0.25, 0.3) is 0 Å². The van der Waals surface area contributed by atoms with Crippen molar-refractivity contribution in [1.29, 1.82) is 0 Å². The zero-order chi connectivity index (χ0) is 3.58.